The zero-order valence-corrected chi connectivity index (χ0v) is 16.4. The molecule has 0 N–H and O–H groups in total. The van der Waals surface area contributed by atoms with Crippen molar-refractivity contribution in [2.75, 3.05) is 18.2 Å². The number of carbonyl (C=O) groups is 1. The summed E-state index contributed by atoms with van der Waals surface area (Å²) in [7, 11) is 0. The van der Waals surface area contributed by atoms with E-state index in [1.165, 1.54) is 11.3 Å². The van der Waals surface area contributed by atoms with Gasteiger partial charge in [-0.05, 0) is 50.2 Å². The molecule has 144 valence electrons. The molecule has 0 saturated heterocycles. The van der Waals surface area contributed by atoms with Crippen molar-refractivity contribution >= 4 is 29.1 Å². The number of thiazole rings is 1. The van der Waals surface area contributed by atoms with Crippen LogP contribution in [0.15, 0.2) is 50.6 Å². The Morgan fingerprint density at radius 1 is 1.29 bits per heavy atom. The van der Waals surface area contributed by atoms with Crippen LogP contribution >= 0.6 is 11.3 Å². The maximum absolute atomic E-state index is 12.8. The van der Waals surface area contributed by atoms with Crippen molar-refractivity contribution < 1.29 is 13.9 Å². The van der Waals surface area contributed by atoms with Gasteiger partial charge in [0.2, 0.25) is 0 Å². The van der Waals surface area contributed by atoms with Crippen molar-refractivity contribution in [3.8, 4) is 0 Å². The summed E-state index contributed by atoms with van der Waals surface area (Å²) >= 11 is 1.36. The molecule has 28 heavy (non-hydrogen) atoms. The quantitative estimate of drug-likeness (QED) is 0.628. The minimum absolute atomic E-state index is 0.0920. The number of aromatic nitrogens is 1. The van der Waals surface area contributed by atoms with Gasteiger partial charge in [-0.15, -0.1) is 0 Å². The van der Waals surface area contributed by atoms with Crippen molar-refractivity contribution in [3.63, 3.8) is 0 Å². The summed E-state index contributed by atoms with van der Waals surface area (Å²) in [5, 5.41) is 0. The standard InChI is InChI=1S/C20H19N3O4S/c1-3-26-19(25)14-5-7-15(8-6-14)22-11-21-20-23(12-22)18(24)17(28-20)10-16-9-4-13(2)27-16/h4-10H,3,11-12H2,1-2H3/b17-10-. The molecule has 0 saturated carbocycles. The fourth-order valence-electron chi connectivity index (χ4n) is 2.96. The third kappa shape index (κ3) is 3.50. The van der Waals surface area contributed by atoms with E-state index in [4.69, 9.17) is 9.15 Å². The van der Waals surface area contributed by atoms with Crippen LogP contribution in [0.5, 0.6) is 0 Å². The maximum Gasteiger partial charge on any atom is 0.338 e. The largest absolute Gasteiger partial charge is 0.462 e. The number of aryl methyl sites for hydroxylation is 1. The van der Waals surface area contributed by atoms with Gasteiger partial charge in [0, 0.05) is 11.8 Å². The van der Waals surface area contributed by atoms with Crippen molar-refractivity contribution in [2.45, 2.75) is 20.5 Å². The lowest BCUT2D eigenvalue weighted by atomic mass is 10.2. The predicted octanol–water partition coefficient (Wildman–Crippen LogP) is 1.87. The Labute approximate surface area is 164 Å². The average molecular weight is 397 g/mol. The van der Waals surface area contributed by atoms with Gasteiger partial charge in [-0.3, -0.25) is 9.36 Å². The average Bonchev–Trinajstić information content (AvgIpc) is 3.25. The smallest absolute Gasteiger partial charge is 0.338 e. The van der Waals surface area contributed by atoms with Crippen LogP contribution in [0.3, 0.4) is 0 Å². The number of ether oxygens (including phenoxy) is 1. The fraction of sp³-hybridized carbons (Fsp3) is 0.250. The Bertz CT molecular complexity index is 1190. The Morgan fingerprint density at radius 3 is 2.75 bits per heavy atom. The molecule has 0 atom stereocenters. The molecule has 1 aromatic carbocycles. The van der Waals surface area contributed by atoms with Crippen LogP contribution in [-0.2, 0) is 11.4 Å². The molecule has 0 aliphatic carbocycles. The molecule has 1 aliphatic rings. The summed E-state index contributed by atoms with van der Waals surface area (Å²) < 4.78 is 12.8. The highest BCUT2D eigenvalue weighted by Crippen LogP contribution is 2.17. The normalized spacial score (nSPS) is 13.9. The van der Waals surface area contributed by atoms with E-state index in [0.717, 1.165) is 11.4 Å². The van der Waals surface area contributed by atoms with E-state index in [0.29, 0.717) is 40.6 Å². The summed E-state index contributed by atoms with van der Waals surface area (Å²) in [4.78, 5) is 31.7. The zero-order chi connectivity index (χ0) is 19.7. The minimum atomic E-state index is -0.345. The number of rotatable bonds is 4. The molecule has 0 unspecified atom stereocenters. The molecule has 0 spiro atoms. The van der Waals surface area contributed by atoms with E-state index in [1.54, 1.807) is 29.7 Å². The van der Waals surface area contributed by atoms with Gasteiger partial charge < -0.3 is 14.1 Å². The van der Waals surface area contributed by atoms with Crippen LogP contribution in [0, 0.1) is 6.92 Å². The monoisotopic (exact) mass is 397 g/mol. The minimum Gasteiger partial charge on any atom is -0.462 e. The fourth-order valence-corrected chi connectivity index (χ4v) is 3.90. The lowest BCUT2D eigenvalue weighted by molar-refractivity contribution is 0.0526. The number of nitrogens with zero attached hydrogens (tertiary/aromatic N) is 3. The van der Waals surface area contributed by atoms with Gasteiger partial charge in [-0.1, -0.05) is 11.3 Å². The van der Waals surface area contributed by atoms with Crippen LogP contribution in [-0.4, -0.2) is 23.8 Å². The lowest BCUT2D eigenvalue weighted by Gasteiger charge is -2.25. The molecular weight excluding hydrogens is 378 g/mol. The van der Waals surface area contributed by atoms with Crippen LogP contribution in [0.2, 0.25) is 0 Å². The Morgan fingerprint density at radius 2 is 2.07 bits per heavy atom. The van der Waals surface area contributed by atoms with Crippen molar-refractivity contribution in [2.24, 2.45) is 4.99 Å². The van der Waals surface area contributed by atoms with Gasteiger partial charge in [0.1, 0.15) is 24.9 Å². The second kappa shape index (κ2) is 7.47. The lowest BCUT2D eigenvalue weighted by Crippen LogP contribution is -2.42. The highest BCUT2D eigenvalue weighted by atomic mass is 32.1. The SMILES string of the molecule is CCOC(=O)c1ccc(N2CN=c3s/c(=C\c4ccc(C)o4)c(=O)n3C2)cc1. The molecule has 4 rings (SSSR count). The number of esters is 1. The van der Waals surface area contributed by atoms with Gasteiger partial charge in [0.25, 0.3) is 5.56 Å². The second-order valence-electron chi connectivity index (χ2n) is 6.32. The number of fused-ring (bicyclic) bond motifs is 1. The first-order valence-electron chi connectivity index (χ1n) is 8.89. The number of hydrogen-bond donors (Lipinski definition) is 0. The van der Waals surface area contributed by atoms with Gasteiger partial charge in [-0.2, -0.15) is 0 Å². The highest BCUT2D eigenvalue weighted by molar-refractivity contribution is 7.07. The van der Waals surface area contributed by atoms with E-state index < -0.39 is 0 Å². The maximum atomic E-state index is 12.8. The summed E-state index contributed by atoms with van der Waals surface area (Å²) in [6, 6.07) is 10.8. The first kappa shape index (κ1) is 18.2. The Hall–Kier alpha value is -3.13. The Balaban J connectivity index is 1.59. The van der Waals surface area contributed by atoms with Crippen LogP contribution in [0.25, 0.3) is 6.08 Å². The van der Waals surface area contributed by atoms with E-state index in [-0.39, 0.29) is 11.5 Å². The van der Waals surface area contributed by atoms with E-state index in [2.05, 4.69) is 4.99 Å². The van der Waals surface area contributed by atoms with Gasteiger partial charge in [-0.25, -0.2) is 9.79 Å². The van der Waals surface area contributed by atoms with Crippen LogP contribution in [0.1, 0.15) is 28.8 Å². The van der Waals surface area contributed by atoms with Crippen molar-refractivity contribution in [1.29, 1.82) is 0 Å². The molecule has 3 heterocycles. The first-order valence-corrected chi connectivity index (χ1v) is 9.71. The molecule has 2 aromatic heterocycles. The van der Waals surface area contributed by atoms with Gasteiger partial charge in [0.15, 0.2) is 4.80 Å². The summed E-state index contributed by atoms with van der Waals surface area (Å²) in [5.74, 6) is 1.11. The van der Waals surface area contributed by atoms with Crippen molar-refractivity contribution in [1.82, 2.24) is 4.57 Å². The van der Waals surface area contributed by atoms with Gasteiger partial charge in [0.05, 0.1) is 16.7 Å². The number of furan rings is 1. The summed E-state index contributed by atoms with van der Waals surface area (Å²) in [5.41, 5.74) is 1.29. The molecule has 0 radical (unpaired) electrons. The molecule has 7 nitrogen and oxygen atoms in total. The third-order valence-corrected chi connectivity index (χ3v) is 5.40. The molecule has 1 aliphatic heterocycles. The molecule has 8 heteroatoms. The summed E-state index contributed by atoms with van der Waals surface area (Å²) in [6.45, 7) is 4.82. The van der Waals surface area contributed by atoms with Crippen molar-refractivity contribution in [3.05, 3.63) is 73.2 Å². The number of anilines is 1. The highest BCUT2D eigenvalue weighted by Gasteiger charge is 2.17. The van der Waals surface area contributed by atoms with E-state index in [9.17, 15) is 9.59 Å². The molecule has 3 aromatic rings. The number of carbonyl (C=O) groups excluding carboxylic acids is 1. The molecular formula is C20H19N3O4S. The number of benzene rings is 1. The first-order chi connectivity index (χ1) is 13.5. The van der Waals surface area contributed by atoms with E-state index >= 15 is 0 Å². The third-order valence-electron chi connectivity index (χ3n) is 4.35. The van der Waals surface area contributed by atoms with Gasteiger partial charge >= 0.3 is 5.97 Å². The second-order valence-corrected chi connectivity index (χ2v) is 7.33. The Kier molecular flexibility index (Phi) is 4.87. The molecule has 0 fully saturated rings. The van der Waals surface area contributed by atoms with Crippen LogP contribution in [0.4, 0.5) is 5.69 Å². The molecule has 0 amide bonds. The zero-order valence-electron chi connectivity index (χ0n) is 15.5. The molecule has 0 bridgehead atoms. The van der Waals surface area contributed by atoms with Crippen LogP contribution < -0.4 is 19.8 Å². The topological polar surface area (TPSA) is 77.0 Å². The number of hydrogen-bond acceptors (Lipinski definition) is 7. The van der Waals surface area contributed by atoms with E-state index in [1.807, 2.05) is 36.1 Å². The summed E-state index contributed by atoms with van der Waals surface area (Å²) in [6.07, 6.45) is 1.75. The predicted molar refractivity (Wildman–Crippen MR) is 106 cm³/mol.